The minimum atomic E-state index is -3.00. The van der Waals surface area contributed by atoms with Crippen LogP contribution in [0.5, 0.6) is 0 Å². The molecule has 172 valence electrons. The van der Waals surface area contributed by atoms with E-state index in [1.807, 2.05) is 37.4 Å². The van der Waals surface area contributed by atoms with Crippen LogP contribution in [0, 0.1) is 13.8 Å². The van der Waals surface area contributed by atoms with Crippen LogP contribution in [0.3, 0.4) is 0 Å². The summed E-state index contributed by atoms with van der Waals surface area (Å²) < 4.78 is 25.6. The molecule has 4 rings (SSSR count). The number of amides is 1. The normalized spacial score (nSPS) is 19.0. The molecule has 3 aromatic rings. The fourth-order valence-corrected chi connectivity index (χ4v) is 5.89. The van der Waals surface area contributed by atoms with Crippen molar-refractivity contribution >= 4 is 32.5 Å². The summed E-state index contributed by atoms with van der Waals surface area (Å²) in [6.07, 6.45) is 0.579. The molecule has 1 amide bonds. The molecule has 2 atom stereocenters. The van der Waals surface area contributed by atoms with Crippen LogP contribution in [0.1, 0.15) is 36.3 Å². The molecule has 1 aliphatic rings. The molecule has 11 heteroatoms. The minimum absolute atomic E-state index is 0.125. The Balaban J connectivity index is 1.45. The van der Waals surface area contributed by atoms with Gasteiger partial charge in [0.1, 0.15) is 0 Å². The Morgan fingerprint density at radius 3 is 2.72 bits per heavy atom. The number of likely N-dealkylation sites (N-methyl/N-ethyl adjacent to an activating group) is 1. The summed E-state index contributed by atoms with van der Waals surface area (Å²) in [4.78, 5) is 31.5. The number of aromatic nitrogens is 4. The molecule has 2 aromatic heterocycles. The monoisotopic (exact) mass is 460 g/mol. The van der Waals surface area contributed by atoms with Crippen molar-refractivity contribution in [3.05, 3.63) is 45.6 Å². The van der Waals surface area contributed by atoms with Crippen molar-refractivity contribution in [3.63, 3.8) is 0 Å². The number of sulfone groups is 1. The molecule has 0 spiro atoms. The van der Waals surface area contributed by atoms with Gasteiger partial charge < -0.3 is 15.3 Å². The predicted molar refractivity (Wildman–Crippen MR) is 122 cm³/mol. The average molecular weight is 461 g/mol. The zero-order valence-corrected chi connectivity index (χ0v) is 19.4. The largest absolute Gasteiger partial charge is 0.325 e. The molecule has 0 radical (unpaired) electrons. The van der Waals surface area contributed by atoms with Gasteiger partial charge in [-0.05, 0) is 52.4 Å². The van der Waals surface area contributed by atoms with E-state index >= 15 is 0 Å². The minimum Gasteiger partial charge on any atom is -0.325 e. The second kappa shape index (κ2) is 8.21. The maximum absolute atomic E-state index is 12.8. The van der Waals surface area contributed by atoms with Gasteiger partial charge in [-0.1, -0.05) is 0 Å². The van der Waals surface area contributed by atoms with Crippen LogP contribution in [0.15, 0.2) is 23.0 Å². The van der Waals surface area contributed by atoms with E-state index in [4.69, 9.17) is 0 Å². The van der Waals surface area contributed by atoms with Crippen molar-refractivity contribution in [2.24, 2.45) is 0 Å². The van der Waals surface area contributed by atoms with Gasteiger partial charge in [-0.3, -0.25) is 14.4 Å². The first-order valence-electron chi connectivity index (χ1n) is 10.5. The highest BCUT2D eigenvalue weighted by atomic mass is 32.2. The van der Waals surface area contributed by atoms with E-state index in [-0.39, 0.29) is 29.1 Å². The van der Waals surface area contributed by atoms with E-state index in [1.165, 1.54) is 0 Å². The van der Waals surface area contributed by atoms with Crippen LogP contribution >= 0.6 is 0 Å². The summed E-state index contributed by atoms with van der Waals surface area (Å²) in [5.74, 6) is 0.152. The number of aromatic amines is 2. The third-order valence-electron chi connectivity index (χ3n) is 6.26. The fourth-order valence-electron chi connectivity index (χ4n) is 4.19. The number of aryl methyl sites for hydroxylation is 1. The Morgan fingerprint density at radius 1 is 1.31 bits per heavy atom. The van der Waals surface area contributed by atoms with Crippen LogP contribution in [-0.2, 0) is 21.2 Å². The number of H-pyrrole nitrogens is 2. The number of carbonyl (C=O) groups is 1. The number of imidazole rings is 1. The first-order chi connectivity index (χ1) is 15.0. The lowest BCUT2D eigenvalue weighted by molar-refractivity contribution is -0.120. The van der Waals surface area contributed by atoms with E-state index in [0.29, 0.717) is 29.7 Å². The second-order valence-electron chi connectivity index (χ2n) is 8.57. The molecule has 0 unspecified atom stereocenters. The van der Waals surface area contributed by atoms with Crippen molar-refractivity contribution in [3.8, 4) is 0 Å². The smallest absolute Gasteiger partial charge is 0.323 e. The van der Waals surface area contributed by atoms with Crippen molar-refractivity contribution < 1.29 is 13.2 Å². The molecule has 1 saturated heterocycles. The van der Waals surface area contributed by atoms with Crippen LogP contribution < -0.4 is 11.0 Å². The molecule has 0 aliphatic carbocycles. The highest BCUT2D eigenvalue weighted by Gasteiger charge is 2.32. The lowest BCUT2D eigenvalue weighted by atomic mass is 10.1. The number of rotatable bonds is 6. The number of nitrogens with zero attached hydrogens (tertiary/aromatic N) is 3. The summed E-state index contributed by atoms with van der Waals surface area (Å²) in [5, 5.41) is 7.50. The number of benzene rings is 1. The molecular weight excluding hydrogens is 432 g/mol. The summed E-state index contributed by atoms with van der Waals surface area (Å²) in [5.41, 5.74) is 4.39. The number of hydrogen-bond donors (Lipinski definition) is 3. The van der Waals surface area contributed by atoms with Crippen LogP contribution in [0.25, 0.3) is 11.0 Å². The molecule has 1 aliphatic heterocycles. The summed E-state index contributed by atoms with van der Waals surface area (Å²) >= 11 is 0. The topological polar surface area (TPSA) is 133 Å². The van der Waals surface area contributed by atoms with Crippen LogP contribution in [0.2, 0.25) is 0 Å². The van der Waals surface area contributed by atoms with Crippen molar-refractivity contribution in [1.29, 1.82) is 0 Å². The molecular formula is C21H28N6O4S. The molecule has 3 heterocycles. The molecule has 0 saturated carbocycles. The second-order valence-corrected chi connectivity index (χ2v) is 10.8. The molecule has 3 N–H and O–H groups in total. The van der Waals surface area contributed by atoms with Crippen molar-refractivity contribution in [2.75, 3.05) is 23.9 Å². The first kappa shape index (κ1) is 22.3. The Bertz CT molecular complexity index is 1340. The predicted octanol–water partition coefficient (Wildman–Crippen LogP) is 1.49. The third-order valence-corrected chi connectivity index (χ3v) is 8.01. The van der Waals surface area contributed by atoms with Gasteiger partial charge in [0.15, 0.2) is 9.84 Å². The molecule has 10 nitrogen and oxygen atoms in total. The van der Waals surface area contributed by atoms with Gasteiger partial charge in [0.05, 0.1) is 40.3 Å². The first-order valence-corrected chi connectivity index (χ1v) is 12.3. The maximum Gasteiger partial charge on any atom is 0.323 e. The summed E-state index contributed by atoms with van der Waals surface area (Å²) in [6.45, 7) is 6.19. The maximum atomic E-state index is 12.8. The quantitative estimate of drug-likeness (QED) is 0.510. The van der Waals surface area contributed by atoms with E-state index in [2.05, 4.69) is 20.4 Å². The number of carbonyl (C=O) groups excluding carboxylic acids is 1. The summed E-state index contributed by atoms with van der Waals surface area (Å²) in [6, 6.07) is 4.64. The zero-order valence-electron chi connectivity index (χ0n) is 18.6. The van der Waals surface area contributed by atoms with Crippen LogP contribution in [0.4, 0.5) is 5.69 Å². The van der Waals surface area contributed by atoms with E-state index < -0.39 is 15.9 Å². The number of anilines is 1. The Hall–Kier alpha value is -2.92. The molecule has 32 heavy (non-hydrogen) atoms. The lowest BCUT2D eigenvalue weighted by Gasteiger charge is -2.24. The number of nitrogens with one attached hydrogen (secondary N) is 3. The Labute approximate surface area is 185 Å². The highest BCUT2D eigenvalue weighted by molar-refractivity contribution is 7.91. The third kappa shape index (κ3) is 4.35. The molecule has 0 bridgehead atoms. The Kier molecular flexibility index (Phi) is 5.72. The van der Waals surface area contributed by atoms with Gasteiger partial charge in [0.25, 0.3) is 0 Å². The van der Waals surface area contributed by atoms with Gasteiger partial charge in [-0.2, -0.15) is 5.10 Å². The van der Waals surface area contributed by atoms with Gasteiger partial charge in [-0.15, -0.1) is 0 Å². The van der Waals surface area contributed by atoms with E-state index in [1.54, 1.807) is 18.2 Å². The van der Waals surface area contributed by atoms with Crippen molar-refractivity contribution in [2.45, 2.75) is 45.8 Å². The lowest BCUT2D eigenvalue weighted by Crippen LogP contribution is -2.39. The van der Waals surface area contributed by atoms with E-state index in [0.717, 1.165) is 17.0 Å². The standard InChI is InChI=1S/C21H28N6O4S/c1-12-17(13(2)27(25-12)16-7-8-32(30,31)11-16)10-26(4)14(3)20(28)22-15-5-6-18-19(9-15)24-21(29)23-18/h5-6,9,14,16H,7-8,10-11H2,1-4H3,(H,22,28)(H2,23,24,29)/t14-,16-/m0/s1. The van der Waals surface area contributed by atoms with E-state index in [9.17, 15) is 18.0 Å². The number of hydrogen-bond acceptors (Lipinski definition) is 6. The zero-order chi connectivity index (χ0) is 23.2. The highest BCUT2D eigenvalue weighted by Crippen LogP contribution is 2.27. The molecule has 1 aromatic carbocycles. The van der Waals surface area contributed by atoms with Gasteiger partial charge >= 0.3 is 5.69 Å². The van der Waals surface area contributed by atoms with Crippen LogP contribution in [-0.4, -0.2) is 63.6 Å². The number of fused-ring (bicyclic) bond motifs is 1. The fraction of sp³-hybridized carbons (Fsp3) is 0.476. The molecule has 1 fully saturated rings. The summed E-state index contributed by atoms with van der Waals surface area (Å²) in [7, 11) is -1.13. The Morgan fingerprint density at radius 2 is 2.03 bits per heavy atom. The van der Waals surface area contributed by atoms with Gasteiger partial charge in [0, 0.05) is 23.5 Å². The van der Waals surface area contributed by atoms with Gasteiger partial charge in [-0.25, -0.2) is 13.2 Å². The van der Waals surface area contributed by atoms with Gasteiger partial charge in [0.2, 0.25) is 5.91 Å². The average Bonchev–Trinajstić information content (AvgIpc) is 3.36. The SMILES string of the molecule is Cc1nn([C@H]2CCS(=O)(=O)C2)c(C)c1CN(C)[C@@H](C)C(=O)Nc1ccc2[nH]c(=O)[nH]c2c1. The van der Waals surface area contributed by atoms with Crippen molar-refractivity contribution in [1.82, 2.24) is 24.6 Å².